The van der Waals surface area contributed by atoms with Crippen molar-refractivity contribution >= 4 is 65.0 Å². The minimum atomic E-state index is -3.85. The molecule has 3 N–H and O–H groups in total. The molecule has 19 nitrogen and oxygen atoms in total. The van der Waals surface area contributed by atoms with Gasteiger partial charge in [-0.15, -0.1) is 21.1 Å². The number of benzene rings is 2. The Morgan fingerprint density at radius 3 is 2.23 bits per heavy atom. The van der Waals surface area contributed by atoms with Crippen LogP contribution in [0.25, 0.3) is 34.2 Å². The molecule has 4 aromatic heterocycles. The van der Waals surface area contributed by atoms with Crippen LogP contribution in [0.5, 0.6) is 0 Å². The first-order valence-corrected chi connectivity index (χ1v) is 30.4. The fraction of sp³-hybridized carbons (Fsp3) is 0.529. The number of thiazole rings is 1. The van der Waals surface area contributed by atoms with Crippen LogP contribution < -0.4 is 28.8 Å². The van der Waals surface area contributed by atoms with Gasteiger partial charge in [0, 0.05) is 75.2 Å². The average molecular weight is 1090 g/mol. The van der Waals surface area contributed by atoms with E-state index in [1.165, 1.54) is 24.2 Å². The summed E-state index contributed by atoms with van der Waals surface area (Å²) < 4.78 is 96.1. The number of rotatable bonds is 16. The van der Waals surface area contributed by atoms with Crippen LogP contribution in [0.15, 0.2) is 70.7 Å². The molecule has 24 heteroatoms. The number of aromatic nitrogens is 7. The fourth-order valence-electron chi connectivity index (χ4n) is 11.9. The molecule has 2 aromatic carbocycles. The third kappa shape index (κ3) is 10.3. The lowest BCUT2D eigenvalue weighted by atomic mass is 9.92. The number of halogens is 2. The molecule has 7 heterocycles. The predicted octanol–water partition coefficient (Wildman–Crippen LogP) is 7.45. The first-order valence-electron chi connectivity index (χ1n) is 26.0. The molecule has 0 radical (unpaired) electrons. The van der Waals surface area contributed by atoms with E-state index in [9.17, 15) is 35.5 Å². The van der Waals surface area contributed by atoms with Crippen LogP contribution in [0.1, 0.15) is 100 Å². The van der Waals surface area contributed by atoms with Gasteiger partial charge in [-0.2, -0.15) is 0 Å². The molecule has 2 spiro atoms. The minimum absolute atomic E-state index is 0.00231. The summed E-state index contributed by atoms with van der Waals surface area (Å²) in [5.41, 5.74) is 5.98. The zero-order valence-electron chi connectivity index (χ0n) is 41.7. The first kappa shape index (κ1) is 49.9. The van der Waals surface area contributed by atoms with Crippen molar-refractivity contribution in [2.45, 2.75) is 95.4 Å². The van der Waals surface area contributed by atoms with Gasteiger partial charge in [-0.05, 0) is 105 Å². The van der Waals surface area contributed by atoms with Crippen molar-refractivity contribution in [3.05, 3.63) is 72.1 Å². The van der Waals surface area contributed by atoms with E-state index < -0.39 is 38.3 Å². The Labute approximate surface area is 438 Å². The maximum absolute atomic E-state index is 14.3. The standard InChI is InChI=1S/C51H61F2N12O7S3/c1-74(68,69)56-35-6-9-40(42(28-35)60-20-14-49(12-13-49)15-21-60)64-32-43(38-33-73-48(54-38)62-24-18-51(52,53)19-25-62)65(59-64)46-30-50(46)16-22-61(23-17-50)41-29-36(57-75(70,71)27-26-66)7-8-39(41)63-31-37(55-58-63)44-10-11-45(72-44)47(67)34-4-2-3-5-34/h6-11,28-29,31-34,46,56-57,66H,2-5,12-27,30H2,1H3/q+1. The fourth-order valence-corrected chi connectivity index (χ4v) is 14.1. The third-order valence-electron chi connectivity index (χ3n) is 16.6. The van der Waals surface area contributed by atoms with E-state index in [-0.39, 0.29) is 49.1 Å². The van der Waals surface area contributed by atoms with E-state index in [0.717, 1.165) is 94.2 Å². The van der Waals surface area contributed by atoms with E-state index in [1.807, 2.05) is 33.3 Å². The average Bonchev–Trinajstić information content (AvgIpc) is 3.90. The number of anilines is 5. The molecule has 3 saturated carbocycles. The van der Waals surface area contributed by atoms with Gasteiger partial charge in [0.05, 0.1) is 58.5 Å². The minimum Gasteiger partial charge on any atom is -0.451 e. The zero-order valence-corrected chi connectivity index (χ0v) is 44.2. The van der Waals surface area contributed by atoms with Gasteiger partial charge >= 0.3 is 0 Å². The normalized spacial score (nSPS) is 21.3. The van der Waals surface area contributed by atoms with Gasteiger partial charge in [0.2, 0.25) is 31.5 Å². The Bertz CT molecular complexity index is 3360. The smallest absolute Gasteiger partial charge is 0.251 e. The molecule has 3 aliphatic heterocycles. The number of hydrogen-bond donors (Lipinski definition) is 3. The summed E-state index contributed by atoms with van der Waals surface area (Å²) in [6.07, 6.45) is 15.1. The van der Waals surface area contributed by atoms with Crippen LogP contribution in [-0.4, -0.2) is 121 Å². The molecule has 1 unspecified atom stereocenters. The molecular formula is C51H61F2N12O7S3+. The van der Waals surface area contributed by atoms with Crippen molar-refractivity contribution in [3.63, 3.8) is 0 Å². The van der Waals surface area contributed by atoms with Gasteiger partial charge < -0.3 is 24.2 Å². The maximum Gasteiger partial charge on any atom is 0.251 e. The number of nitrogens with zero attached hydrogens (tertiary/aromatic N) is 10. The van der Waals surface area contributed by atoms with Crippen LogP contribution in [0.4, 0.5) is 36.7 Å². The number of aliphatic hydroxyl groups is 1. The number of nitrogens with one attached hydrogen (secondary N) is 2. The molecule has 3 saturated heterocycles. The van der Waals surface area contributed by atoms with Crippen molar-refractivity contribution in [2.24, 2.45) is 16.7 Å². The van der Waals surface area contributed by atoms with Crippen LogP contribution in [0.2, 0.25) is 0 Å². The maximum atomic E-state index is 14.3. The summed E-state index contributed by atoms with van der Waals surface area (Å²) >= 11 is 1.43. The molecule has 6 aromatic rings. The summed E-state index contributed by atoms with van der Waals surface area (Å²) in [4.78, 5) is 24.7. The molecule has 398 valence electrons. The highest BCUT2D eigenvalue weighted by Gasteiger charge is 2.61. The van der Waals surface area contributed by atoms with Crippen LogP contribution in [-0.2, 0) is 20.0 Å². The second-order valence-corrected chi connectivity index (χ2v) is 26.1. The molecule has 6 aliphatic rings. The number of sulfonamides is 2. The second-order valence-electron chi connectivity index (χ2n) is 21.7. The largest absolute Gasteiger partial charge is 0.451 e. The predicted molar refractivity (Wildman–Crippen MR) is 280 cm³/mol. The summed E-state index contributed by atoms with van der Waals surface area (Å²) in [6, 6.07) is 14.2. The van der Waals surface area contributed by atoms with E-state index >= 15 is 0 Å². The quantitative estimate of drug-likeness (QED) is 0.0634. The van der Waals surface area contributed by atoms with Crippen molar-refractivity contribution in [1.29, 1.82) is 0 Å². The lowest BCUT2D eigenvalue weighted by Crippen LogP contribution is -2.40. The molecule has 0 amide bonds. The number of alkyl halides is 2. The highest BCUT2D eigenvalue weighted by atomic mass is 32.2. The first-order chi connectivity index (χ1) is 35.9. The molecule has 0 bridgehead atoms. The van der Waals surface area contributed by atoms with Gasteiger partial charge in [0.15, 0.2) is 28.5 Å². The van der Waals surface area contributed by atoms with Gasteiger partial charge in [0.1, 0.15) is 17.4 Å². The Morgan fingerprint density at radius 2 is 1.51 bits per heavy atom. The van der Waals surface area contributed by atoms with E-state index in [1.54, 1.807) is 47.3 Å². The van der Waals surface area contributed by atoms with Crippen LogP contribution >= 0.6 is 11.3 Å². The molecule has 1 atom stereocenters. The summed E-state index contributed by atoms with van der Waals surface area (Å²) in [6.45, 7) is 2.77. The lowest BCUT2D eigenvalue weighted by molar-refractivity contribution is -0.661. The van der Waals surface area contributed by atoms with Gasteiger partial charge in [-0.25, -0.2) is 35.3 Å². The second kappa shape index (κ2) is 18.9. The number of hydrogen-bond acceptors (Lipinski definition) is 15. The molecule has 6 fully saturated rings. The van der Waals surface area contributed by atoms with Gasteiger partial charge in [-0.3, -0.25) is 14.2 Å². The van der Waals surface area contributed by atoms with Crippen molar-refractivity contribution < 1.29 is 44.6 Å². The van der Waals surface area contributed by atoms with Crippen molar-refractivity contribution in [2.75, 3.05) is 82.0 Å². The number of carbonyl (C=O) groups excluding carboxylic acids is 1. The van der Waals surface area contributed by atoms with Crippen molar-refractivity contribution in [1.82, 2.24) is 29.9 Å². The summed E-state index contributed by atoms with van der Waals surface area (Å²) in [7, 11) is -7.40. The van der Waals surface area contributed by atoms with Crippen molar-refractivity contribution in [3.8, 4) is 34.2 Å². The van der Waals surface area contributed by atoms with E-state index in [0.29, 0.717) is 69.3 Å². The zero-order chi connectivity index (χ0) is 51.9. The Balaban J connectivity index is 0.850. The number of carbonyl (C=O) groups is 1. The summed E-state index contributed by atoms with van der Waals surface area (Å²) in [5, 5.41) is 26.4. The highest BCUT2D eigenvalue weighted by molar-refractivity contribution is 7.92. The molecule has 75 heavy (non-hydrogen) atoms. The number of ketones is 1. The van der Waals surface area contributed by atoms with Gasteiger partial charge in [-0.1, -0.05) is 22.7 Å². The van der Waals surface area contributed by atoms with E-state index in [4.69, 9.17) is 14.6 Å². The monoisotopic (exact) mass is 1090 g/mol. The Kier molecular flexibility index (Phi) is 12.6. The molecular weight excluding hydrogens is 1030 g/mol. The highest BCUT2D eigenvalue weighted by Crippen LogP contribution is 2.63. The number of aliphatic hydroxyl groups excluding tert-OH is 1. The summed E-state index contributed by atoms with van der Waals surface area (Å²) in [5.74, 6) is -2.47. The SMILES string of the molecule is CS(=O)(=O)Nc1ccc(-[n+]2cc(-c3csc(N4CCC(F)(F)CC4)n3)n(C3CC34CCN(c3cc(NS(=O)(=O)CCO)ccc3-n3cc(-c5ccc(C(=O)C6CCCC6)o5)nn3)CC4)n2)c(N2CCC3(CC2)CC3)c1. The molecule has 3 aliphatic carbocycles. The third-order valence-corrected chi connectivity index (χ3v) is 19.3. The molecule has 12 rings (SSSR count). The van der Waals surface area contributed by atoms with Crippen LogP contribution in [0.3, 0.4) is 0 Å². The Hall–Kier alpha value is -5.98. The topological polar surface area (TPSA) is 218 Å². The number of piperidine rings is 3. The van der Waals surface area contributed by atoms with E-state index in [2.05, 4.69) is 34.2 Å². The van der Waals surface area contributed by atoms with Crippen LogP contribution in [0, 0.1) is 16.7 Å². The lowest BCUT2D eigenvalue weighted by Gasteiger charge is -2.35. The number of furan rings is 1. The number of Topliss-reactive ketones (excluding diaryl/α,β-unsaturated/α-hetero) is 1. The Morgan fingerprint density at radius 1 is 0.827 bits per heavy atom. The van der Waals surface area contributed by atoms with Gasteiger partial charge in [0.25, 0.3) is 5.92 Å².